The number of carbonyl (C=O) groups excluding carboxylic acids is 3. The molecular formula is C21H24N2O3. The summed E-state index contributed by atoms with van der Waals surface area (Å²) in [7, 11) is 0. The zero-order chi connectivity index (χ0) is 18.4. The molecule has 2 fully saturated rings. The topological polar surface area (TPSA) is 66.5 Å². The predicted octanol–water partition coefficient (Wildman–Crippen LogP) is 2.91. The molecule has 1 aromatic rings. The minimum absolute atomic E-state index is 0.142. The summed E-state index contributed by atoms with van der Waals surface area (Å²) in [5.74, 6) is -0.874. The van der Waals surface area contributed by atoms with Gasteiger partial charge in [0.05, 0.1) is 11.8 Å². The first-order valence-electron chi connectivity index (χ1n) is 9.44. The summed E-state index contributed by atoms with van der Waals surface area (Å²) in [6, 6.07) is 6.77. The molecule has 5 atom stereocenters. The lowest BCUT2D eigenvalue weighted by atomic mass is 9.63. The van der Waals surface area contributed by atoms with Gasteiger partial charge in [0.1, 0.15) is 6.04 Å². The molecule has 26 heavy (non-hydrogen) atoms. The van der Waals surface area contributed by atoms with Crippen molar-refractivity contribution in [2.24, 2.45) is 23.7 Å². The first kappa shape index (κ1) is 17.0. The quantitative estimate of drug-likeness (QED) is 0.669. The second-order valence-electron chi connectivity index (χ2n) is 7.67. The molecular weight excluding hydrogens is 328 g/mol. The Kier molecular flexibility index (Phi) is 4.17. The van der Waals surface area contributed by atoms with Gasteiger partial charge in [-0.05, 0) is 55.7 Å². The van der Waals surface area contributed by atoms with Gasteiger partial charge in [0.25, 0.3) is 0 Å². The van der Waals surface area contributed by atoms with Gasteiger partial charge in [0.15, 0.2) is 0 Å². The fraction of sp³-hybridized carbons (Fsp3) is 0.476. The van der Waals surface area contributed by atoms with Gasteiger partial charge in [-0.15, -0.1) is 0 Å². The minimum atomic E-state index is -0.750. The Morgan fingerprint density at radius 3 is 2.27 bits per heavy atom. The maximum atomic E-state index is 13.0. The van der Waals surface area contributed by atoms with E-state index in [4.69, 9.17) is 0 Å². The van der Waals surface area contributed by atoms with E-state index in [2.05, 4.69) is 17.5 Å². The number of fused-ring (bicyclic) bond motifs is 1. The number of rotatable bonds is 4. The number of hydrogen-bond acceptors (Lipinski definition) is 3. The van der Waals surface area contributed by atoms with Gasteiger partial charge in [-0.3, -0.25) is 19.3 Å². The molecule has 1 saturated carbocycles. The molecule has 1 aromatic carbocycles. The molecule has 5 nitrogen and oxygen atoms in total. The average molecular weight is 352 g/mol. The number of imide groups is 1. The van der Waals surface area contributed by atoms with E-state index in [1.54, 1.807) is 0 Å². The van der Waals surface area contributed by atoms with Gasteiger partial charge in [-0.2, -0.15) is 0 Å². The monoisotopic (exact) mass is 352 g/mol. The molecule has 3 amide bonds. The number of amides is 3. The van der Waals surface area contributed by atoms with Crippen LogP contribution in [0.3, 0.4) is 0 Å². The van der Waals surface area contributed by atoms with E-state index in [1.807, 2.05) is 38.1 Å². The van der Waals surface area contributed by atoms with Crippen molar-refractivity contribution < 1.29 is 14.4 Å². The number of carbonyl (C=O) groups is 3. The minimum Gasteiger partial charge on any atom is -0.324 e. The summed E-state index contributed by atoms with van der Waals surface area (Å²) in [6.07, 6.45) is 6.52. The van der Waals surface area contributed by atoms with Crippen LogP contribution in [0.2, 0.25) is 0 Å². The molecule has 0 aromatic heterocycles. The Morgan fingerprint density at radius 1 is 1.15 bits per heavy atom. The summed E-state index contributed by atoms with van der Waals surface area (Å²) < 4.78 is 0. The van der Waals surface area contributed by atoms with Gasteiger partial charge >= 0.3 is 0 Å². The fourth-order valence-electron chi connectivity index (χ4n) is 4.84. The van der Waals surface area contributed by atoms with Crippen molar-refractivity contribution in [2.45, 2.75) is 39.2 Å². The molecule has 5 rings (SSSR count). The van der Waals surface area contributed by atoms with Crippen LogP contribution in [0.1, 0.15) is 31.7 Å². The third-order valence-corrected chi connectivity index (χ3v) is 6.08. The van der Waals surface area contributed by atoms with Crippen LogP contribution in [-0.4, -0.2) is 28.7 Å². The second-order valence-corrected chi connectivity index (χ2v) is 7.67. The Morgan fingerprint density at radius 2 is 1.77 bits per heavy atom. The molecule has 0 radical (unpaired) electrons. The number of aryl methyl sites for hydroxylation is 1. The number of likely N-dealkylation sites (tertiary alicyclic amines) is 1. The van der Waals surface area contributed by atoms with Crippen molar-refractivity contribution in [3.8, 4) is 0 Å². The smallest absolute Gasteiger partial charge is 0.247 e. The highest BCUT2D eigenvalue weighted by atomic mass is 16.2. The van der Waals surface area contributed by atoms with Gasteiger partial charge in [-0.25, -0.2) is 0 Å². The van der Waals surface area contributed by atoms with Crippen LogP contribution >= 0.6 is 0 Å². The van der Waals surface area contributed by atoms with E-state index in [0.29, 0.717) is 12.1 Å². The number of benzene rings is 1. The first-order valence-corrected chi connectivity index (χ1v) is 9.44. The summed E-state index contributed by atoms with van der Waals surface area (Å²) in [5.41, 5.74) is 1.73. The Hall–Kier alpha value is -2.43. The molecule has 3 aliphatic carbocycles. The SMILES string of the molecule is CC[C@H](C(=O)Nc1cccc(C)c1)N1C(=O)[C@@H]2[C@H](C1=O)[C@H]1C=C[C@H]2CC1. The van der Waals surface area contributed by atoms with Crippen molar-refractivity contribution in [2.75, 3.05) is 5.32 Å². The number of anilines is 1. The average Bonchev–Trinajstić information content (AvgIpc) is 2.91. The zero-order valence-electron chi connectivity index (χ0n) is 15.1. The van der Waals surface area contributed by atoms with Crippen LogP contribution in [0.25, 0.3) is 0 Å². The van der Waals surface area contributed by atoms with E-state index < -0.39 is 6.04 Å². The molecule has 5 heteroatoms. The lowest BCUT2D eigenvalue weighted by Gasteiger charge is -2.38. The third kappa shape index (κ3) is 2.57. The summed E-state index contributed by atoms with van der Waals surface area (Å²) in [6.45, 7) is 3.80. The summed E-state index contributed by atoms with van der Waals surface area (Å²) >= 11 is 0. The summed E-state index contributed by atoms with van der Waals surface area (Å²) in [4.78, 5) is 40.2. The number of allylic oxidation sites excluding steroid dienone is 2. The van der Waals surface area contributed by atoms with Crippen molar-refractivity contribution >= 4 is 23.4 Å². The van der Waals surface area contributed by atoms with Crippen molar-refractivity contribution in [1.82, 2.24) is 4.90 Å². The van der Waals surface area contributed by atoms with Crippen molar-refractivity contribution in [1.29, 1.82) is 0 Å². The Labute approximate surface area is 153 Å². The van der Waals surface area contributed by atoms with Crippen LogP contribution < -0.4 is 5.32 Å². The van der Waals surface area contributed by atoms with E-state index in [0.717, 1.165) is 18.4 Å². The first-order chi connectivity index (χ1) is 12.5. The summed E-state index contributed by atoms with van der Waals surface area (Å²) in [5, 5.41) is 2.87. The van der Waals surface area contributed by atoms with E-state index >= 15 is 0 Å². The lowest BCUT2D eigenvalue weighted by Crippen LogP contribution is -2.47. The van der Waals surface area contributed by atoms with Gasteiger partial charge in [0.2, 0.25) is 17.7 Å². The molecule has 1 N–H and O–H groups in total. The highest BCUT2D eigenvalue weighted by Crippen LogP contribution is 2.50. The second kappa shape index (κ2) is 6.38. The van der Waals surface area contributed by atoms with Gasteiger partial charge < -0.3 is 5.32 Å². The molecule has 0 spiro atoms. The van der Waals surface area contributed by atoms with Crippen LogP contribution in [0.4, 0.5) is 5.69 Å². The molecule has 2 bridgehead atoms. The molecule has 1 saturated heterocycles. The number of nitrogens with one attached hydrogen (secondary N) is 1. The molecule has 0 unspecified atom stereocenters. The molecule has 1 heterocycles. The normalized spacial score (nSPS) is 30.5. The highest BCUT2D eigenvalue weighted by molar-refractivity contribution is 6.10. The fourth-order valence-corrected chi connectivity index (χ4v) is 4.84. The van der Waals surface area contributed by atoms with Crippen molar-refractivity contribution in [3.63, 3.8) is 0 Å². The third-order valence-electron chi connectivity index (χ3n) is 6.08. The van der Waals surface area contributed by atoms with Crippen LogP contribution in [0, 0.1) is 30.6 Å². The van der Waals surface area contributed by atoms with Gasteiger partial charge in [-0.1, -0.05) is 31.2 Å². The van der Waals surface area contributed by atoms with Crippen molar-refractivity contribution in [3.05, 3.63) is 42.0 Å². The number of nitrogens with zero attached hydrogens (tertiary/aromatic N) is 1. The molecule has 1 aliphatic heterocycles. The van der Waals surface area contributed by atoms with Gasteiger partial charge in [0, 0.05) is 5.69 Å². The predicted molar refractivity (Wildman–Crippen MR) is 98.1 cm³/mol. The highest BCUT2D eigenvalue weighted by Gasteiger charge is 2.58. The Bertz CT molecular complexity index is 768. The molecule has 4 aliphatic rings. The molecule has 136 valence electrons. The maximum absolute atomic E-state index is 13.0. The Balaban J connectivity index is 1.58. The zero-order valence-corrected chi connectivity index (χ0v) is 15.1. The van der Waals surface area contributed by atoms with E-state index in [1.165, 1.54) is 4.90 Å². The lowest BCUT2D eigenvalue weighted by molar-refractivity contribution is -0.146. The largest absolute Gasteiger partial charge is 0.324 e. The van der Waals surface area contributed by atoms with E-state index in [-0.39, 0.29) is 41.4 Å². The van der Waals surface area contributed by atoms with Crippen LogP contribution in [0.15, 0.2) is 36.4 Å². The standard InChI is InChI=1S/C21H24N2O3/c1-3-16(19(24)22-15-6-4-5-12(2)11-15)23-20(25)17-13-7-8-14(10-9-13)18(17)21(23)26/h4-8,11,13-14,16-18H,3,9-10H2,1-2H3,(H,22,24)/t13-,14-,16+,17-,18+/m0/s1. The maximum Gasteiger partial charge on any atom is 0.247 e. The number of hydrogen-bond donors (Lipinski definition) is 1. The van der Waals surface area contributed by atoms with E-state index in [9.17, 15) is 14.4 Å². The van der Waals surface area contributed by atoms with Crippen LogP contribution in [0.5, 0.6) is 0 Å². The van der Waals surface area contributed by atoms with Crippen LogP contribution in [-0.2, 0) is 14.4 Å².